The number of aryl methyl sites for hydroxylation is 2. The van der Waals surface area contributed by atoms with E-state index in [0.29, 0.717) is 11.3 Å². The fraction of sp³-hybridized carbons (Fsp3) is 0.467. The minimum Gasteiger partial charge on any atom is -0.496 e. The van der Waals surface area contributed by atoms with Gasteiger partial charge in [0, 0.05) is 6.42 Å². The highest BCUT2D eigenvalue weighted by Gasteiger charge is 2.31. The number of carboxylic acid groups (broad SMARTS) is 1. The summed E-state index contributed by atoms with van der Waals surface area (Å²) in [6.45, 7) is 6.93. The zero-order chi connectivity index (χ0) is 14.8. The lowest BCUT2D eigenvalue weighted by Crippen LogP contribution is -2.27. The van der Waals surface area contributed by atoms with E-state index in [1.54, 1.807) is 26.0 Å². The predicted molar refractivity (Wildman–Crippen MR) is 72.8 cm³/mol. The normalized spacial score (nSPS) is 11.2. The molecule has 104 valence electrons. The Hall–Kier alpha value is -1.84. The minimum absolute atomic E-state index is 0.0544. The van der Waals surface area contributed by atoms with Crippen LogP contribution < -0.4 is 4.74 Å². The number of carbonyl (C=O) groups is 2. The molecular formula is C15H20O4. The van der Waals surface area contributed by atoms with Crippen LogP contribution in [0, 0.1) is 19.3 Å². The highest BCUT2D eigenvalue weighted by atomic mass is 16.5. The monoisotopic (exact) mass is 264 g/mol. The van der Waals surface area contributed by atoms with E-state index in [1.807, 2.05) is 13.8 Å². The van der Waals surface area contributed by atoms with Crippen molar-refractivity contribution in [3.05, 3.63) is 28.8 Å². The summed E-state index contributed by atoms with van der Waals surface area (Å²) in [6, 6.07) is 3.56. The Morgan fingerprint density at radius 2 is 1.74 bits per heavy atom. The third kappa shape index (κ3) is 3.34. The first kappa shape index (κ1) is 15.2. The average molecular weight is 264 g/mol. The van der Waals surface area contributed by atoms with Gasteiger partial charge in [-0.2, -0.15) is 0 Å². The lowest BCUT2D eigenvalue weighted by molar-refractivity contribution is -0.146. The summed E-state index contributed by atoms with van der Waals surface area (Å²) in [5, 5.41) is 9.08. The largest absolute Gasteiger partial charge is 0.496 e. The van der Waals surface area contributed by atoms with Crippen LogP contribution >= 0.6 is 0 Å². The summed E-state index contributed by atoms with van der Waals surface area (Å²) in [7, 11) is 1.50. The van der Waals surface area contributed by atoms with E-state index < -0.39 is 11.4 Å². The molecule has 1 rings (SSSR count). The molecule has 0 aliphatic heterocycles. The molecule has 1 aromatic rings. The first-order chi connectivity index (χ1) is 8.69. The van der Waals surface area contributed by atoms with E-state index in [0.717, 1.165) is 11.1 Å². The predicted octanol–water partition coefficient (Wildman–Crippen LogP) is 3.00. The zero-order valence-corrected chi connectivity index (χ0v) is 12.0. The molecule has 0 unspecified atom stereocenters. The van der Waals surface area contributed by atoms with Crippen LogP contribution in [0.15, 0.2) is 12.1 Å². The molecule has 0 bridgehead atoms. The van der Waals surface area contributed by atoms with Gasteiger partial charge in [-0.05, 0) is 51.0 Å². The van der Waals surface area contributed by atoms with E-state index >= 15 is 0 Å². The van der Waals surface area contributed by atoms with E-state index in [1.165, 1.54) is 7.11 Å². The van der Waals surface area contributed by atoms with Crippen molar-refractivity contribution in [2.45, 2.75) is 34.1 Å². The molecule has 1 N–H and O–H groups in total. The maximum Gasteiger partial charge on any atom is 0.309 e. The van der Waals surface area contributed by atoms with Gasteiger partial charge < -0.3 is 9.84 Å². The standard InChI is InChI=1S/C15H20O4/c1-9-6-11(13(19-5)7-10(9)2)12(16)8-15(3,4)14(17)18/h6-7H,8H2,1-5H3,(H,17,18). The first-order valence-electron chi connectivity index (χ1n) is 6.11. The molecular weight excluding hydrogens is 244 g/mol. The fourth-order valence-corrected chi connectivity index (χ4v) is 1.75. The summed E-state index contributed by atoms with van der Waals surface area (Å²) in [5.41, 5.74) is 1.38. The van der Waals surface area contributed by atoms with Crippen molar-refractivity contribution in [1.29, 1.82) is 0 Å². The van der Waals surface area contributed by atoms with Crippen molar-refractivity contribution in [3.8, 4) is 5.75 Å². The Morgan fingerprint density at radius 1 is 1.21 bits per heavy atom. The molecule has 0 fully saturated rings. The molecule has 0 aliphatic rings. The fourth-order valence-electron chi connectivity index (χ4n) is 1.75. The summed E-state index contributed by atoms with van der Waals surface area (Å²) in [6.07, 6.45) is -0.0544. The van der Waals surface area contributed by atoms with Gasteiger partial charge >= 0.3 is 5.97 Å². The number of rotatable bonds is 5. The van der Waals surface area contributed by atoms with E-state index in [-0.39, 0.29) is 12.2 Å². The third-order valence-electron chi connectivity index (χ3n) is 3.30. The molecule has 4 heteroatoms. The molecule has 0 aliphatic carbocycles. The van der Waals surface area contributed by atoms with Gasteiger partial charge in [0.05, 0.1) is 18.1 Å². The Kier molecular flexibility index (Phi) is 4.35. The lowest BCUT2D eigenvalue weighted by Gasteiger charge is -2.19. The van der Waals surface area contributed by atoms with Crippen molar-refractivity contribution < 1.29 is 19.4 Å². The van der Waals surface area contributed by atoms with Gasteiger partial charge in [0.1, 0.15) is 5.75 Å². The van der Waals surface area contributed by atoms with Gasteiger partial charge in [0.15, 0.2) is 5.78 Å². The summed E-state index contributed by atoms with van der Waals surface area (Å²) < 4.78 is 5.21. The van der Waals surface area contributed by atoms with Crippen LogP contribution in [0.2, 0.25) is 0 Å². The van der Waals surface area contributed by atoms with Gasteiger partial charge in [0.2, 0.25) is 0 Å². The lowest BCUT2D eigenvalue weighted by atomic mass is 9.85. The number of hydrogen-bond donors (Lipinski definition) is 1. The second kappa shape index (κ2) is 5.43. The number of aliphatic carboxylic acids is 1. The van der Waals surface area contributed by atoms with E-state index in [9.17, 15) is 9.59 Å². The molecule has 0 spiro atoms. The molecule has 0 saturated carbocycles. The topological polar surface area (TPSA) is 63.6 Å². The van der Waals surface area contributed by atoms with Gasteiger partial charge in [-0.25, -0.2) is 0 Å². The molecule has 0 saturated heterocycles. The van der Waals surface area contributed by atoms with Crippen LogP contribution in [0.1, 0.15) is 41.8 Å². The summed E-state index contributed by atoms with van der Waals surface area (Å²) >= 11 is 0. The summed E-state index contributed by atoms with van der Waals surface area (Å²) in [4.78, 5) is 23.3. The maximum atomic E-state index is 12.3. The number of ether oxygens (including phenoxy) is 1. The number of carbonyl (C=O) groups excluding carboxylic acids is 1. The number of hydrogen-bond acceptors (Lipinski definition) is 3. The zero-order valence-electron chi connectivity index (χ0n) is 12.0. The molecule has 19 heavy (non-hydrogen) atoms. The Morgan fingerprint density at radius 3 is 2.21 bits per heavy atom. The molecule has 0 aromatic heterocycles. The maximum absolute atomic E-state index is 12.3. The Labute approximate surface area is 113 Å². The first-order valence-corrected chi connectivity index (χ1v) is 6.11. The van der Waals surface area contributed by atoms with Crippen molar-refractivity contribution >= 4 is 11.8 Å². The summed E-state index contributed by atoms with van der Waals surface area (Å²) in [5.74, 6) is -0.703. The number of methoxy groups -OCH3 is 1. The van der Waals surface area contributed by atoms with Gasteiger partial charge in [0.25, 0.3) is 0 Å². The quantitative estimate of drug-likeness (QED) is 0.830. The molecule has 0 heterocycles. The van der Waals surface area contributed by atoms with Crippen LogP contribution in [0.25, 0.3) is 0 Å². The Balaban J connectivity index is 3.13. The van der Waals surface area contributed by atoms with Gasteiger partial charge in [-0.15, -0.1) is 0 Å². The average Bonchev–Trinajstić information content (AvgIpc) is 2.31. The van der Waals surface area contributed by atoms with Crippen LogP contribution in [0.4, 0.5) is 0 Å². The van der Waals surface area contributed by atoms with Crippen molar-refractivity contribution in [1.82, 2.24) is 0 Å². The van der Waals surface area contributed by atoms with E-state index in [2.05, 4.69) is 0 Å². The molecule has 1 aromatic carbocycles. The van der Waals surface area contributed by atoms with Crippen LogP contribution in [-0.2, 0) is 4.79 Å². The smallest absolute Gasteiger partial charge is 0.309 e. The second-order valence-corrected chi connectivity index (χ2v) is 5.43. The number of Topliss-reactive ketones (excluding diaryl/α,β-unsaturated/α-hetero) is 1. The van der Waals surface area contributed by atoms with E-state index in [4.69, 9.17) is 9.84 Å². The minimum atomic E-state index is -1.08. The highest BCUT2D eigenvalue weighted by molar-refractivity contribution is 6.01. The van der Waals surface area contributed by atoms with Crippen molar-refractivity contribution in [3.63, 3.8) is 0 Å². The molecule has 0 atom stereocenters. The number of carboxylic acids is 1. The molecule has 0 amide bonds. The second-order valence-electron chi connectivity index (χ2n) is 5.43. The molecule has 0 radical (unpaired) electrons. The Bertz CT molecular complexity index is 515. The van der Waals surface area contributed by atoms with Crippen LogP contribution in [0.3, 0.4) is 0 Å². The SMILES string of the molecule is COc1cc(C)c(C)cc1C(=O)CC(C)(C)C(=O)O. The van der Waals surface area contributed by atoms with Crippen molar-refractivity contribution in [2.75, 3.05) is 7.11 Å². The third-order valence-corrected chi connectivity index (χ3v) is 3.30. The number of ketones is 1. The van der Waals surface area contributed by atoms with Gasteiger partial charge in [-0.1, -0.05) is 0 Å². The van der Waals surface area contributed by atoms with Crippen LogP contribution in [-0.4, -0.2) is 24.0 Å². The van der Waals surface area contributed by atoms with Gasteiger partial charge in [-0.3, -0.25) is 9.59 Å². The van der Waals surface area contributed by atoms with Crippen molar-refractivity contribution in [2.24, 2.45) is 5.41 Å². The molecule has 4 nitrogen and oxygen atoms in total. The number of benzene rings is 1. The highest BCUT2D eigenvalue weighted by Crippen LogP contribution is 2.29. The van der Waals surface area contributed by atoms with Crippen LogP contribution in [0.5, 0.6) is 5.75 Å².